The third kappa shape index (κ3) is 1.87. The third-order valence-electron chi connectivity index (χ3n) is 2.55. The molecule has 1 N–H and O–H groups in total. The van der Waals surface area contributed by atoms with Gasteiger partial charge in [0.25, 0.3) is 0 Å². The molecule has 2 heterocycles. The summed E-state index contributed by atoms with van der Waals surface area (Å²) < 4.78 is 6.48. The normalized spacial score (nSPS) is 10.5. The maximum Gasteiger partial charge on any atom is 0.352 e. The third-order valence-corrected chi connectivity index (χ3v) is 2.55. The van der Waals surface area contributed by atoms with E-state index in [-0.39, 0.29) is 17.2 Å². The lowest BCUT2D eigenvalue weighted by molar-refractivity contribution is 0.0686. The molecule has 0 fully saturated rings. The van der Waals surface area contributed by atoms with Crippen LogP contribution in [0.5, 0.6) is 0 Å². The van der Waals surface area contributed by atoms with Gasteiger partial charge in [-0.3, -0.25) is 4.79 Å². The first kappa shape index (κ1) is 11.2. The van der Waals surface area contributed by atoms with E-state index >= 15 is 0 Å². The van der Waals surface area contributed by atoms with Crippen LogP contribution in [0.25, 0.3) is 0 Å². The number of carbonyl (C=O) groups is 2. The zero-order valence-corrected chi connectivity index (χ0v) is 9.43. The molecule has 0 aromatic carbocycles. The molecule has 0 aliphatic rings. The molecule has 0 amide bonds. The number of furan rings is 1. The summed E-state index contributed by atoms with van der Waals surface area (Å²) in [5.41, 5.74) is 1.11. The summed E-state index contributed by atoms with van der Waals surface area (Å²) in [6.45, 7) is 1.76. The predicted molar refractivity (Wildman–Crippen MR) is 59.2 cm³/mol. The fourth-order valence-electron chi connectivity index (χ4n) is 1.64. The van der Waals surface area contributed by atoms with Gasteiger partial charge in [-0.1, -0.05) is 0 Å². The molecule has 0 radical (unpaired) electrons. The van der Waals surface area contributed by atoms with Crippen LogP contribution < -0.4 is 0 Å². The summed E-state index contributed by atoms with van der Waals surface area (Å²) in [6, 6.07) is 3.03. The van der Waals surface area contributed by atoms with E-state index in [9.17, 15) is 9.59 Å². The van der Waals surface area contributed by atoms with Crippen LogP contribution in [0.15, 0.2) is 29.0 Å². The van der Waals surface area contributed by atoms with E-state index in [4.69, 9.17) is 9.52 Å². The number of rotatable bonds is 3. The second-order valence-electron chi connectivity index (χ2n) is 3.79. The largest absolute Gasteiger partial charge is 0.477 e. The smallest absolute Gasteiger partial charge is 0.352 e. The second kappa shape index (κ2) is 3.93. The van der Waals surface area contributed by atoms with E-state index < -0.39 is 5.97 Å². The molecule has 0 saturated carbocycles. The van der Waals surface area contributed by atoms with Crippen LogP contribution in [-0.2, 0) is 7.05 Å². The molecule has 0 aliphatic carbocycles. The fourth-order valence-corrected chi connectivity index (χ4v) is 1.64. The van der Waals surface area contributed by atoms with Crippen molar-refractivity contribution in [3.8, 4) is 0 Å². The number of carboxylic acids is 1. The Labute approximate surface area is 97.3 Å². The molecular formula is C12H11NO4. The van der Waals surface area contributed by atoms with Crippen LogP contribution in [0.3, 0.4) is 0 Å². The van der Waals surface area contributed by atoms with E-state index in [1.54, 1.807) is 20.0 Å². The van der Waals surface area contributed by atoms with Crippen molar-refractivity contribution in [3.63, 3.8) is 0 Å². The van der Waals surface area contributed by atoms with E-state index in [1.165, 1.54) is 23.1 Å². The van der Waals surface area contributed by atoms with Crippen LogP contribution in [0, 0.1) is 6.92 Å². The van der Waals surface area contributed by atoms with E-state index in [0.717, 1.165) is 5.56 Å². The lowest BCUT2D eigenvalue weighted by Gasteiger charge is -1.94. The average molecular weight is 233 g/mol. The molecule has 0 spiro atoms. The minimum absolute atomic E-state index is 0.0672. The Balaban J connectivity index is 2.42. The van der Waals surface area contributed by atoms with Gasteiger partial charge in [0, 0.05) is 18.8 Å². The van der Waals surface area contributed by atoms with Gasteiger partial charge < -0.3 is 14.1 Å². The molecular weight excluding hydrogens is 222 g/mol. The Morgan fingerprint density at radius 3 is 2.59 bits per heavy atom. The van der Waals surface area contributed by atoms with Crippen LogP contribution in [0.2, 0.25) is 0 Å². The highest BCUT2D eigenvalue weighted by atomic mass is 16.4. The molecule has 2 aromatic heterocycles. The van der Waals surface area contributed by atoms with Gasteiger partial charge in [0.2, 0.25) is 5.78 Å². The molecule has 88 valence electrons. The molecule has 0 saturated heterocycles. The van der Waals surface area contributed by atoms with E-state index in [0.29, 0.717) is 5.56 Å². The van der Waals surface area contributed by atoms with Gasteiger partial charge >= 0.3 is 5.97 Å². The van der Waals surface area contributed by atoms with Gasteiger partial charge in [0.1, 0.15) is 5.69 Å². The van der Waals surface area contributed by atoms with Gasteiger partial charge in [0.15, 0.2) is 5.76 Å². The van der Waals surface area contributed by atoms with Crippen LogP contribution in [0.4, 0.5) is 0 Å². The summed E-state index contributed by atoms with van der Waals surface area (Å²) in [4.78, 5) is 22.9. The number of carbonyl (C=O) groups excluding carboxylic acids is 1. The summed E-state index contributed by atoms with van der Waals surface area (Å²) in [6.07, 6.45) is 2.91. The Bertz CT molecular complexity index is 591. The van der Waals surface area contributed by atoms with Gasteiger partial charge in [-0.15, -0.1) is 0 Å². The Kier molecular flexibility index (Phi) is 2.59. The molecule has 0 atom stereocenters. The number of aryl methyl sites for hydroxylation is 2. The van der Waals surface area contributed by atoms with E-state index in [2.05, 4.69) is 0 Å². The van der Waals surface area contributed by atoms with Crippen molar-refractivity contribution in [2.24, 2.45) is 7.05 Å². The number of nitrogens with zero attached hydrogens (tertiary/aromatic N) is 1. The van der Waals surface area contributed by atoms with Crippen molar-refractivity contribution in [3.05, 3.63) is 47.2 Å². The number of carboxylic acid groups (broad SMARTS) is 1. The number of hydrogen-bond donors (Lipinski definition) is 1. The summed E-state index contributed by atoms with van der Waals surface area (Å²) >= 11 is 0. The number of hydrogen-bond acceptors (Lipinski definition) is 3. The molecule has 17 heavy (non-hydrogen) atoms. The second-order valence-corrected chi connectivity index (χ2v) is 3.79. The Morgan fingerprint density at radius 1 is 1.41 bits per heavy atom. The van der Waals surface area contributed by atoms with Gasteiger partial charge in [-0.2, -0.15) is 0 Å². The number of aromatic carboxylic acids is 1. The SMILES string of the molecule is Cc1ccoc1C(=O)c1cc(C(=O)O)n(C)c1. The quantitative estimate of drug-likeness (QED) is 0.821. The summed E-state index contributed by atoms with van der Waals surface area (Å²) in [7, 11) is 1.58. The highest BCUT2D eigenvalue weighted by Gasteiger charge is 2.19. The summed E-state index contributed by atoms with van der Waals surface area (Å²) in [5.74, 6) is -1.13. The first-order chi connectivity index (χ1) is 8.00. The molecule has 5 heteroatoms. The number of aromatic nitrogens is 1. The minimum atomic E-state index is -1.07. The maximum absolute atomic E-state index is 12.0. The monoisotopic (exact) mass is 233 g/mol. The van der Waals surface area contributed by atoms with Crippen LogP contribution >= 0.6 is 0 Å². The zero-order valence-electron chi connectivity index (χ0n) is 9.43. The first-order valence-corrected chi connectivity index (χ1v) is 4.99. The highest BCUT2D eigenvalue weighted by Crippen LogP contribution is 2.17. The maximum atomic E-state index is 12.0. The topological polar surface area (TPSA) is 72.4 Å². The first-order valence-electron chi connectivity index (χ1n) is 4.99. The van der Waals surface area contributed by atoms with Crippen molar-refractivity contribution >= 4 is 11.8 Å². The molecule has 0 bridgehead atoms. The van der Waals surface area contributed by atoms with Crippen molar-refractivity contribution in [1.82, 2.24) is 4.57 Å². The lowest BCUT2D eigenvalue weighted by atomic mass is 10.1. The van der Waals surface area contributed by atoms with Gasteiger partial charge in [-0.05, 0) is 24.6 Å². The van der Waals surface area contributed by atoms with Crippen molar-refractivity contribution in [2.45, 2.75) is 6.92 Å². The minimum Gasteiger partial charge on any atom is -0.477 e. The van der Waals surface area contributed by atoms with Crippen LogP contribution in [-0.4, -0.2) is 21.4 Å². The average Bonchev–Trinajstić information content (AvgIpc) is 2.83. The highest BCUT2D eigenvalue weighted by molar-refractivity contribution is 6.09. The van der Waals surface area contributed by atoms with Crippen LogP contribution in [0.1, 0.15) is 32.2 Å². The van der Waals surface area contributed by atoms with Gasteiger partial charge in [0.05, 0.1) is 6.26 Å². The lowest BCUT2D eigenvalue weighted by Crippen LogP contribution is -2.02. The standard InChI is InChI=1S/C12H11NO4/c1-7-3-4-17-11(7)10(14)8-5-9(12(15)16)13(2)6-8/h3-6H,1-2H3,(H,15,16). The number of ketones is 1. The van der Waals surface area contributed by atoms with Crippen molar-refractivity contribution < 1.29 is 19.1 Å². The predicted octanol–water partition coefficient (Wildman–Crippen LogP) is 1.86. The van der Waals surface area contributed by atoms with Crippen molar-refractivity contribution in [1.29, 1.82) is 0 Å². The molecule has 0 aliphatic heterocycles. The molecule has 2 rings (SSSR count). The zero-order chi connectivity index (χ0) is 12.6. The van der Waals surface area contributed by atoms with E-state index in [1.807, 2.05) is 0 Å². The summed E-state index contributed by atoms with van der Waals surface area (Å²) in [5, 5.41) is 8.89. The molecule has 0 unspecified atom stereocenters. The molecule has 2 aromatic rings. The Hall–Kier alpha value is -2.30. The fraction of sp³-hybridized carbons (Fsp3) is 0.167. The van der Waals surface area contributed by atoms with Gasteiger partial charge in [-0.25, -0.2) is 4.79 Å². The Morgan fingerprint density at radius 2 is 2.12 bits per heavy atom. The van der Waals surface area contributed by atoms with Crippen molar-refractivity contribution in [2.75, 3.05) is 0 Å². The molecule has 5 nitrogen and oxygen atoms in total.